The van der Waals surface area contributed by atoms with Gasteiger partial charge >= 0.3 is 5.97 Å². The summed E-state index contributed by atoms with van der Waals surface area (Å²) >= 11 is 5.99. The lowest BCUT2D eigenvalue weighted by Gasteiger charge is -2.32. The van der Waals surface area contributed by atoms with Gasteiger partial charge < -0.3 is 15.0 Å². The molecule has 128 valence electrons. The lowest BCUT2D eigenvalue weighted by molar-refractivity contribution is -0.137. The highest BCUT2D eigenvalue weighted by Gasteiger charge is 2.24. The molecule has 0 saturated carbocycles. The molecule has 5 nitrogen and oxygen atoms in total. The summed E-state index contributed by atoms with van der Waals surface area (Å²) in [6, 6.07) is 5.62. The van der Waals surface area contributed by atoms with Crippen molar-refractivity contribution in [3.8, 4) is 0 Å². The number of carboxylic acid groups (broad SMARTS) is 1. The first-order valence-electron chi connectivity index (χ1n) is 8.28. The number of fused-ring (bicyclic) bond motifs is 1. The number of H-pyrrole nitrogens is 1. The van der Waals surface area contributed by atoms with Gasteiger partial charge in [-0.2, -0.15) is 0 Å². The number of rotatable bonds is 5. The molecule has 2 N–H and O–H groups in total. The summed E-state index contributed by atoms with van der Waals surface area (Å²) in [5.41, 5.74) is 1.91. The number of likely N-dealkylation sites (tertiary alicyclic amines) is 1. The van der Waals surface area contributed by atoms with Crippen LogP contribution < -0.4 is 0 Å². The molecule has 1 aliphatic rings. The summed E-state index contributed by atoms with van der Waals surface area (Å²) in [5, 5.41) is 10.5. The predicted octanol–water partition coefficient (Wildman–Crippen LogP) is 3.47. The Balaban J connectivity index is 1.64. The summed E-state index contributed by atoms with van der Waals surface area (Å²) in [6.45, 7) is 1.43. The van der Waals surface area contributed by atoms with Crippen molar-refractivity contribution in [2.24, 2.45) is 5.92 Å². The minimum atomic E-state index is -0.768. The van der Waals surface area contributed by atoms with Crippen LogP contribution in [-0.4, -0.2) is 40.0 Å². The lowest BCUT2D eigenvalue weighted by atomic mass is 9.93. The smallest absolute Gasteiger partial charge is 0.303 e. The number of halogens is 1. The number of carboxylic acids is 1. The van der Waals surface area contributed by atoms with E-state index in [4.69, 9.17) is 16.7 Å². The predicted molar refractivity (Wildman–Crippen MR) is 93.2 cm³/mol. The number of amides is 1. The first-order chi connectivity index (χ1) is 11.5. The normalized spacial score (nSPS) is 18.0. The maximum absolute atomic E-state index is 12.6. The van der Waals surface area contributed by atoms with Gasteiger partial charge in [0.25, 0.3) is 0 Å². The van der Waals surface area contributed by atoms with E-state index < -0.39 is 5.97 Å². The molecular formula is C18H21ClN2O3. The van der Waals surface area contributed by atoms with E-state index in [1.54, 1.807) is 0 Å². The number of nitrogens with zero attached hydrogens (tertiary/aromatic N) is 1. The number of aromatic nitrogens is 1. The van der Waals surface area contributed by atoms with E-state index in [2.05, 4.69) is 4.98 Å². The Labute approximate surface area is 145 Å². The fraction of sp³-hybridized carbons (Fsp3) is 0.444. The molecule has 1 atom stereocenters. The second kappa shape index (κ2) is 7.26. The van der Waals surface area contributed by atoms with Gasteiger partial charge in [-0.15, -0.1) is 0 Å². The molecule has 2 heterocycles. The molecule has 1 aromatic carbocycles. The van der Waals surface area contributed by atoms with Crippen molar-refractivity contribution in [3.63, 3.8) is 0 Å². The van der Waals surface area contributed by atoms with Crippen LogP contribution in [0.25, 0.3) is 10.9 Å². The maximum atomic E-state index is 12.6. The number of hydrogen-bond donors (Lipinski definition) is 2. The van der Waals surface area contributed by atoms with E-state index in [0.717, 1.165) is 35.9 Å². The summed E-state index contributed by atoms with van der Waals surface area (Å²) in [4.78, 5) is 28.4. The van der Waals surface area contributed by atoms with E-state index in [1.807, 2.05) is 29.3 Å². The first kappa shape index (κ1) is 16.8. The quantitative estimate of drug-likeness (QED) is 0.868. The van der Waals surface area contributed by atoms with Crippen LogP contribution in [0.3, 0.4) is 0 Å². The number of hydrogen-bond acceptors (Lipinski definition) is 2. The van der Waals surface area contributed by atoms with Crippen molar-refractivity contribution in [3.05, 3.63) is 35.0 Å². The molecule has 0 aliphatic carbocycles. The summed E-state index contributed by atoms with van der Waals surface area (Å²) in [6.07, 6.45) is 4.99. The van der Waals surface area contributed by atoms with Gasteiger partial charge in [-0.1, -0.05) is 17.7 Å². The Bertz CT molecular complexity index is 756. The molecule has 1 saturated heterocycles. The third-order valence-electron chi connectivity index (χ3n) is 4.71. The standard InChI is InChI=1S/C18H21ClN2O3/c19-14-4-5-15-13(10-20-16(15)9-14)8-17(22)21-7-1-2-12(11-21)3-6-18(23)24/h4-5,9-10,12,20H,1-3,6-8,11H2,(H,23,24)/t12-/m1/s1. The molecule has 1 aliphatic heterocycles. The Morgan fingerprint density at radius 1 is 1.38 bits per heavy atom. The van der Waals surface area contributed by atoms with Crippen LogP contribution in [0.15, 0.2) is 24.4 Å². The molecule has 0 unspecified atom stereocenters. The van der Waals surface area contributed by atoms with Crippen LogP contribution in [0, 0.1) is 5.92 Å². The average Bonchev–Trinajstić information content (AvgIpc) is 2.95. The van der Waals surface area contributed by atoms with Crippen molar-refractivity contribution in [1.29, 1.82) is 0 Å². The highest BCUT2D eigenvalue weighted by atomic mass is 35.5. The van der Waals surface area contributed by atoms with Crippen LogP contribution in [0.2, 0.25) is 5.02 Å². The number of aromatic amines is 1. The van der Waals surface area contributed by atoms with Gasteiger partial charge in [0.15, 0.2) is 0 Å². The largest absolute Gasteiger partial charge is 0.481 e. The van der Waals surface area contributed by atoms with Crippen LogP contribution in [-0.2, 0) is 16.0 Å². The molecule has 1 aromatic heterocycles. The highest BCUT2D eigenvalue weighted by Crippen LogP contribution is 2.25. The second-order valence-electron chi connectivity index (χ2n) is 6.46. The van der Waals surface area contributed by atoms with Crippen LogP contribution >= 0.6 is 11.6 Å². The third-order valence-corrected chi connectivity index (χ3v) is 4.94. The molecule has 0 radical (unpaired) electrons. The molecule has 24 heavy (non-hydrogen) atoms. The highest BCUT2D eigenvalue weighted by molar-refractivity contribution is 6.31. The summed E-state index contributed by atoms with van der Waals surface area (Å²) in [7, 11) is 0. The topological polar surface area (TPSA) is 73.4 Å². The zero-order valence-electron chi connectivity index (χ0n) is 13.4. The van der Waals surface area contributed by atoms with Crippen LogP contribution in [0.5, 0.6) is 0 Å². The Morgan fingerprint density at radius 3 is 3.00 bits per heavy atom. The van der Waals surface area contributed by atoms with Gasteiger partial charge in [0.2, 0.25) is 5.91 Å². The number of carbonyl (C=O) groups is 2. The van der Waals surface area contributed by atoms with E-state index in [9.17, 15) is 9.59 Å². The third kappa shape index (κ3) is 3.90. The molecule has 0 bridgehead atoms. The van der Waals surface area contributed by atoms with Crippen molar-refractivity contribution >= 4 is 34.4 Å². The first-order valence-corrected chi connectivity index (χ1v) is 8.66. The average molecular weight is 349 g/mol. The maximum Gasteiger partial charge on any atom is 0.303 e. The number of benzene rings is 1. The van der Waals surface area contributed by atoms with Gasteiger partial charge in [0, 0.05) is 41.6 Å². The van der Waals surface area contributed by atoms with Crippen molar-refractivity contribution in [1.82, 2.24) is 9.88 Å². The van der Waals surface area contributed by atoms with Gasteiger partial charge in [-0.05, 0) is 42.9 Å². The van der Waals surface area contributed by atoms with E-state index in [-0.39, 0.29) is 12.3 Å². The molecular weight excluding hydrogens is 328 g/mol. The summed E-state index contributed by atoms with van der Waals surface area (Å²) < 4.78 is 0. The number of nitrogens with one attached hydrogen (secondary N) is 1. The van der Waals surface area contributed by atoms with Gasteiger partial charge in [0.05, 0.1) is 6.42 Å². The second-order valence-corrected chi connectivity index (χ2v) is 6.90. The van der Waals surface area contributed by atoms with Gasteiger partial charge in [-0.3, -0.25) is 9.59 Å². The zero-order valence-corrected chi connectivity index (χ0v) is 14.2. The molecule has 3 rings (SSSR count). The number of aliphatic carboxylic acids is 1. The van der Waals surface area contributed by atoms with E-state index >= 15 is 0 Å². The number of carbonyl (C=O) groups excluding carboxylic acids is 1. The van der Waals surface area contributed by atoms with E-state index in [0.29, 0.717) is 30.3 Å². The van der Waals surface area contributed by atoms with Crippen LogP contribution in [0.1, 0.15) is 31.2 Å². The lowest BCUT2D eigenvalue weighted by Crippen LogP contribution is -2.40. The SMILES string of the molecule is O=C(O)CC[C@H]1CCCN(C(=O)Cc2c[nH]c3cc(Cl)ccc23)C1. The number of piperidine rings is 1. The van der Waals surface area contributed by atoms with Crippen LogP contribution in [0.4, 0.5) is 0 Å². The van der Waals surface area contributed by atoms with Gasteiger partial charge in [-0.25, -0.2) is 0 Å². The zero-order chi connectivity index (χ0) is 17.1. The van der Waals surface area contributed by atoms with Crippen molar-refractivity contribution < 1.29 is 14.7 Å². The van der Waals surface area contributed by atoms with Crippen molar-refractivity contribution in [2.45, 2.75) is 32.1 Å². The van der Waals surface area contributed by atoms with E-state index in [1.165, 1.54) is 0 Å². The van der Waals surface area contributed by atoms with Crippen molar-refractivity contribution in [2.75, 3.05) is 13.1 Å². The molecule has 1 fully saturated rings. The molecule has 1 amide bonds. The fourth-order valence-electron chi connectivity index (χ4n) is 3.43. The molecule has 6 heteroatoms. The molecule has 2 aromatic rings. The fourth-order valence-corrected chi connectivity index (χ4v) is 3.61. The minimum absolute atomic E-state index is 0.103. The Morgan fingerprint density at radius 2 is 2.21 bits per heavy atom. The minimum Gasteiger partial charge on any atom is -0.481 e. The van der Waals surface area contributed by atoms with Gasteiger partial charge in [0.1, 0.15) is 0 Å². The summed E-state index contributed by atoms with van der Waals surface area (Å²) in [5.74, 6) is -0.373. The monoisotopic (exact) mass is 348 g/mol. The molecule has 0 spiro atoms. The Hall–Kier alpha value is -2.01. The Kier molecular flexibility index (Phi) is 5.09.